The van der Waals surface area contributed by atoms with Crippen molar-refractivity contribution in [3.63, 3.8) is 0 Å². The number of aliphatic hydroxyl groups is 4. The zero-order valence-electron chi connectivity index (χ0n) is 12.5. The SMILES string of the molecule is CC(=O)NC(C)CC(C)S[C@@H]1O[C@H](CO)[C@H](O)[C@H](O)[C@H]1O. The minimum atomic E-state index is -1.35. The van der Waals surface area contributed by atoms with Gasteiger partial charge in [0.25, 0.3) is 0 Å². The fraction of sp³-hybridized carbons (Fsp3) is 0.923. The highest BCUT2D eigenvalue weighted by molar-refractivity contribution is 8.00. The van der Waals surface area contributed by atoms with Crippen LogP contribution in [0.1, 0.15) is 27.2 Å². The molecule has 124 valence electrons. The monoisotopic (exact) mass is 323 g/mol. The largest absolute Gasteiger partial charge is 0.394 e. The number of hydrogen-bond donors (Lipinski definition) is 5. The number of thioether (sulfide) groups is 1. The zero-order chi connectivity index (χ0) is 16.2. The van der Waals surface area contributed by atoms with Crippen molar-refractivity contribution in [1.29, 1.82) is 0 Å². The van der Waals surface area contributed by atoms with Crippen molar-refractivity contribution < 1.29 is 30.0 Å². The molecule has 0 saturated carbocycles. The van der Waals surface area contributed by atoms with Crippen molar-refractivity contribution in [3.8, 4) is 0 Å². The standard InChI is InChI=1S/C13H25NO6S/c1-6(14-8(3)16)4-7(2)21-13-12(19)11(18)10(17)9(5-15)20-13/h6-7,9-13,15,17-19H,4-5H2,1-3H3,(H,14,16)/t6?,7?,9-,10+,11+,12-,13+/m1/s1. The number of carbonyl (C=O) groups is 1. The van der Waals surface area contributed by atoms with Crippen molar-refractivity contribution in [3.05, 3.63) is 0 Å². The molecule has 1 saturated heterocycles. The molecular formula is C13H25NO6S. The third-order valence-electron chi connectivity index (χ3n) is 3.35. The second-order valence-corrected chi connectivity index (χ2v) is 7.02. The summed E-state index contributed by atoms with van der Waals surface area (Å²) in [6.45, 7) is 4.82. The summed E-state index contributed by atoms with van der Waals surface area (Å²) in [6.07, 6.45) is -4.14. The van der Waals surface area contributed by atoms with Gasteiger partial charge in [-0.15, -0.1) is 11.8 Å². The van der Waals surface area contributed by atoms with E-state index in [2.05, 4.69) is 5.32 Å². The van der Waals surface area contributed by atoms with E-state index in [-0.39, 0.29) is 17.2 Å². The maximum atomic E-state index is 11.0. The molecule has 0 spiro atoms. The summed E-state index contributed by atoms with van der Waals surface area (Å²) < 4.78 is 5.43. The summed E-state index contributed by atoms with van der Waals surface area (Å²) in [4.78, 5) is 11.0. The van der Waals surface area contributed by atoms with E-state index >= 15 is 0 Å². The van der Waals surface area contributed by atoms with Crippen LogP contribution in [-0.4, -0.2) is 74.1 Å². The van der Waals surface area contributed by atoms with Gasteiger partial charge in [-0.2, -0.15) is 0 Å². The molecule has 0 aromatic rings. The first-order valence-corrected chi connectivity index (χ1v) is 7.93. The van der Waals surface area contributed by atoms with Crippen molar-refractivity contribution in [1.82, 2.24) is 5.32 Å². The van der Waals surface area contributed by atoms with Gasteiger partial charge in [0.2, 0.25) is 5.91 Å². The fourth-order valence-corrected chi connectivity index (χ4v) is 3.75. The van der Waals surface area contributed by atoms with Gasteiger partial charge in [-0.05, 0) is 13.3 Å². The number of ether oxygens (including phenoxy) is 1. The highest BCUT2D eigenvalue weighted by atomic mass is 32.2. The first kappa shape index (κ1) is 18.7. The van der Waals surface area contributed by atoms with Gasteiger partial charge >= 0.3 is 0 Å². The Morgan fingerprint density at radius 1 is 1.24 bits per heavy atom. The van der Waals surface area contributed by atoms with Gasteiger partial charge in [-0.3, -0.25) is 4.79 Å². The van der Waals surface area contributed by atoms with Crippen molar-refractivity contribution >= 4 is 17.7 Å². The van der Waals surface area contributed by atoms with Gasteiger partial charge in [0.15, 0.2) is 0 Å². The van der Waals surface area contributed by atoms with Crippen LogP contribution in [0.15, 0.2) is 0 Å². The lowest BCUT2D eigenvalue weighted by Gasteiger charge is -2.40. The molecule has 1 fully saturated rings. The van der Waals surface area contributed by atoms with E-state index in [9.17, 15) is 20.1 Å². The lowest BCUT2D eigenvalue weighted by atomic mass is 10.0. The van der Waals surface area contributed by atoms with E-state index in [1.807, 2.05) is 13.8 Å². The molecular weight excluding hydrogens is 298 g/mol. The Morgan fingerprint density at radius 2 is 1.86 bits per heavy atom. The van der Waals surface area contributed by atoms with Gasteiger partial charge in [0.1, 0.15) is 29.9 Å². The highest BCUT2D eigenvalue weighted by Gasteiger charge is 2.44. The van der Waals surface area contributed by atoms with Crippen LogP contribution in [0, 0.1) is 0 Å². The summed E-state index contributed by atoms with van der Waals surface area (Å²) >= 11 is 1.30. The topological polar surface area (TPSA) is 119 Å². The second-order valence-electron chi connectivity index (χ2n) is 5.48. The number of hydrogen-bond acceptors (Lipinski definition) is 7. The third-order valence-corrected chi connectivity index (χ3v) is 4.67. The third kappa shape index (κ3) is 5.39. The molecule has 1 aliphatic heterocycles. The maximum absolute atomic E-state index is 11.0. The molecule has 21 heavy (non-hydrogen) atoms. The summed E-state index contributed by atoms with van der Waals surface area (Å²) in [5.41, 5.74) is -0.736. The average molecular weight is 323 g/mol. The number of nitrogens with one attached hydrogen (secondary N) is 1. The lowest BCUT2D eigenvalue weighted by Crippen LogP contribution is -2.57. The highest BCUT2D eigenvalue weighted by Crippen LogP contribution is 2.32. The Bertz CT molecular complexity index is 343. The van der Waals surface area contributed by atoms with E-state index < -0.39 is 36.5 Å². The van der Waals surface area contributed by atoms with Gasteiger partial charge in [-0.1, -0.05) is 6.92 Å². The van der Waals surface area contributed by atoms with Crippen LogP contribution in [-0.2, 0) is 9.53 Å². The predicted molar refractivity (Wildman–Crippen MR) is 78.7 cm³/mol. The molecule has 0 bridgehead atoms. The molecule has 0 aromatic carbocycles. The molecule has 2 unspecified atom stereocenters. The van der Waals surface area contributed by atoms with E-state index in [0.29, 0.717) is 6.42 Å². The van der Waals surface area contributed by atoms with Crippen LogP contribution in [0.4, 0.5) is 0 Å². The van der Waals surface area contributed by atoms with Crippen LogP contribution in [0.5, 0.6) is 0 Å². The molecule has 1 rings (SSSR count). The maximum Gasteiger partial charge on any atom is 0.217 e. The Hall–Kier alpha value is -0.380. The number of carbonyl (C=O) groups excluding carboxylic acids is 1. The Labute approximate surface area is 128 Å². The van der Waals surface area contributed by atoms with Crippen molar-refractivity contribution in [2.45, 2.75) is 68.3 Å². The number of amides is 1. The Morgan fingerprint density at radius 3 is 2.38 bits per heavy atom. The van der Waals surface area contributed by atoms with E-state index in [0.717, 1.165) is 0 Å². The molecule has 0 aliphatic carbocycles. The number of rotatable bonds is 6. The summed E-state index contributed by atoms with van der Waals surface area (Å²) in [7, 11) is 0. The minimum absolute atomic E-state index is 0.0186. The van der Waals surface area contributed by atoms with Crippen molar-refractivity contribution in [2.75, 3.05) is 6.61 Å². The lowest BCUT2D eigenvalue weighted by molar-refractivity contribution is -0.205. The molecule has 1 amide bonds. The normalized spacial score (nSPS) is 36.0. The molecule has 0 aromatic heterocycles. The molecule has 7 nitrogen and oxygen atoms in total. The smallest absolute Gasteiger partial charge is 0.217 e. The van der Waals surface area contributed by atoms with Gasteiger partial charge in [0.05, 0.1) is 6.61 Å². The quantitative estimate of drug-likeness (QED) is 0.417. The summed E-state index contributed by atoms with van der Waals surface area (Å²) in [5.74, 6) is -0.104. The van der Waals surface area contributed by atoms with Gasteiger partial charge < -0.3 is 30.5 Å². The molecule has 1 aliphatic rings. The van der Waals surface area contributed by atoms with Gasteiger partial charge in [-0.25, -0.2) is 0 Å². The molecule has 7 atom stereocenters. The minimum Gasteiger partial charge on any atom is -0.394 e. The van der Waals surface area contributed by atoms with Crippen molar-refractivity contribution in [2.24, 2.45) is 0 Å². The fourth-order valence-electron chi connectivity index (χ4n) is 2.37. The van der Waals surface area contributed by atoms with E-state index in [1.165, 1.54) is 18.7 Å². The molecule has 1 heterocycles. The van der Waals surface area contributed by atoms with E-state index in [1.54, 1.807) is 0 Å². The first-order chi connectivity index (χ1) is 9.76. The van der Waals surface area contributed by atoms with Crippen LogP contribution >= 0.6 is 11.8 Å². The van der Waals surface area contributed by atoms with Crippen LogP contribution in [0.25, 0.3) is 0 Å². The Balaban J connectivity index is 2.54. The van der Waals surface area contributed by atoms with Crippen LogP contribution < -0.4 is 5.32 Å². The molecule has 8 heteroatoms. The first-order valence-electron chi connectivity index (χ1n) is 6.99. The zero-order valence-corrected chi connectivity index (χ0v) is 13.3. The predicted octanol–water partition coefficient (Wildman–Crippen LogP) is -1.18. The molecule has 0 radical (unpaired) electrons. The van der Waals surface area contributed by atoms with Gasteiger partial charge in [0, 0.05) is 18.2 Å². The average Bonchev–Trinajstić information content (AvgIpc) is 2.38. The van der Waals surface area contributed by atoms with Crippen LogP contribution in [0.2, 0.25) is 0 Å². The Kier molecular flexibility index (Phi) is 7.38. The molecule has 5 N–H and O–H groups in total. The summed E-state index contributed by atoms with van der Waals surface area (Å²) in [5, 5.41) is 41.3. The number of aliphatic hydroxyl groups excluding tert-OH is 4. The van der Waals surface area contributed by atoms with Crippen LogP contribution in [0.3, 0.4) is 0 Å². The second kappa shape index (κ2) is 8.30. The van der Waals surface area contributed by atoms with E-state index in [4.69, 9.17) is 9.84 Å². The summed E-state index contributed by atoms with van der Waals surface area (Å²) in [6, 6.07) is -0.0186.